The second-order valence-electron chi connectivity index (χ2n) is 5.83. The lowest BCUT2D eigenvalue weighted by atomic mass is 10.3. The number of aromatic amines is 2. The van der Waals surface area contributed by atoms with Crippen LogP contribution >= 0.6 is 0 Å². The number of carbonyl (C=O) groups excluding carboxylic acids is 1. The lowest BCUT2D eigenvalue weighted by molar-refractivity contribution is 0.102. The molecule has 0 amide bonds. The van der Waals surface area contributed by atoms with Crippen LogP contribution in [0.15, 0.2) is 12.4 Å². The highest BCUT2D eigenvalue weighted by molar-refractivity contribution is 6.03. The van der Waals surface area contributed by atoms with Gasteiger partial charge in [0.05, 0.1) is 11.4 Å². The van der Waals surface area contributed by atoms with E-state index in [0.717, 1.165) is 22.8 Å². The van der Waals surface area contributed by atoms with Crippen LogP contribution in [0.5, 0.6) is 0 Å². The summed E-state index contributed by atoms with van der Waals surface area (Å²) in [5, 5.41) is 22.2. The molecule has 0 atom stereocenters. The fourth-order valence-corrected chi connectivity index (χ4v) is 2.66. The van der Waals surface area contributed by atoms with E-state index in [1.807, 2.05) is 13.8 Å². The zero-order valence-corrected chi connectivity index (χ0v) is 14.6. The summed E-state index contributed by atoms with van der Waals surface area (Å²) in [7, 11) is 0. The third-order valence-corrected chi connectivity index (χ3v) is 4.01. The lowest BCUT2D eigenvalue weighted by Crippen LogP contribution is -2.08. The Hall–Kier alpha value is -3.63. The molecule has 0 fully saturated rings. The Balaban J connectivity index is 1.71. The molecule has 2 N–H and O–H groups in total. The first-order chi connectivity index (χ1) is 12.5. The van der Waals surface area contributed by atoms with Crippen molar-refractivity contribution in [2.75, 3.05) is 0 Å². The van der Waals surface area contributed by atoms with Crippen LogP contribution in [0.2, 0.25) is 0 Å². The Morgan fingerprint density at radius 1 is 0.808 bits per heavy atom. The monoisotopic (exact) mass is 352 g/mol. The van der Waals surface area contributed by atoms with E-state index in [2.05, 4.69) is 40.6 Å². The van der Waals surface area contributed by atoms with Crippen molar-refractivity contribution in [2.24, 2.45) is 0 Å². The zero-order chi connectivity index (χ0) is 18.4. The van der Waals surface area contributed by atoms with Gasteiger partial charge in [-0.1, -0.05) is 0 Å². The topological polar surface area (TPSA) is 136 Å². The van der Waals surface area contributed by atoms with Gasteiger partial charge in [-0.05, 0) is 27.7 Å². The highest BCUT2D eigenvalue weighted by Gasteiger charge is 2.23. The molecule has 0 aromatic carbocycles. The SMILES string of the molecule is Cc1n[nH]cc1-n1nc(C(=O)c2nc(C)n(-c3c[nH]nc3C)n2)nc1C. The van der Waals surface area contributed by atoms with E-state index in [0.29, 0.717) is 11.6 Å². The molecule has 0 aliphatic rings. The predicted octanol–water partition coefficient (Wildman–Crippen LogP) is 0.759. The van der Waals surface area contributed by atoms with Gasteiger partial charge in [0.25, 0.3) is 5.78 Å². The molecule has 0 unspecified atom stereocenters. The predicted molar refractivity (Wildman–Crippen MR) is 89.4 cm³/mol. The van der Waals surface area contributed by atoms with Crippen molar-refractivity contribution in [1.82, 2.24) is 49.9 Å². The van der Waals surface area contributed by atoms with Gasteiger partial charge in [0.2, 0.25) is 11.6 Å². The molecule has 4 aromatic heterocycles. The number of aromatic nitrogens is 10. The summed E-state index contributed by atoms with van der Waals surface area (Å²) in [5.74, 6) is 0.753. The largest absolute Gasteiger partial charge is 0.283 e. The molecule has 0 saturated carbocycles. The van der Waals surface area contributed by atoms with E-state index in [1.165, 1.54) is 0 Å². The second kappa shape index (κ2) is 5.72. The van der Waals surface area contributed by atoms with Crippen LogP contribution in [0.4, 0.5) is 0 Å². The van der Waals surface area contributed by atoms with Crippen LogP contribution < -0.4 is 0 Å². The Morgan fingerprint density at radius 2 is 1.23 bits per heavy atom. The Kier molecular flexibility index (Phi) is 3.49. The van der Waals surface area contributed by atoms with Crippen molar-refractivity contribution in [2.45, 2.75) is 27.7 Å². The van der Waals surface area contributed by atoms with Crippen molar-refractivity contribution in [1.29, 1.82) is 0 Å². The molecule has 4 aromatic rings. The van der Waals surface area contributed by atoms with Crippen LogP contribution in [0.1, 0.15) is 39.5 Å². The van der Waals surface area contributed by atoms with Gasteiger partial charge in [0, 0.05) is 12.4 Å². The molecule has 11 heteroatoms. The average molecular weight is 352 g/mol. The number of carbonyl (C=O) groups is 1. The van der Waals surface area contributed by atoms with Crippen molar-refractivity contribution in [3.63, 3.8) is 0 Å². The van der Waals surface area contributed by atoms with Crippen molar-refractivity contribution >= 4 is 5.78 Å². The summed E-state index contributed by atoms with van der Waals surface area (Å²) in [6, 6.07) is 0. The van der Waals surface area contributed by atoms with Gasteiger partial charge in [-0.25, -0.2) is 19.3 Å². The molecule has 0 spiro atoms. The molecular weight excluding hydrogens is 336 g/mol. The van der Waals surface area contributed by atoms with Crippen LogP contribution in [0.25, 0.3) is 11.4 Å². The summed E-state index contributed by atoms with van der Waals surface area (Å²) < 4.78 is 3.13. The molecule has 0 aliphatic heterocycles. The Bertz CT molecular complexity index is 1030. The smallest absolute Gasteiger partial charge is 0.271 e. The maximum absolute atomic E-state index is 12.8. The summed E-state index contributed by atoms with van der Waals surface area (Å²) in [5.41, 5.74) is 2.98. The number of aryl methyl sites for hydroxylation is 4. The van der Waals surface area contributed by atoms with Crippen LogP contribution in [-0.4, -0.2) is 55.7 Å². The van der Waals surface area contributed by atoms with E-state index in [-0.39, 0.29) is 11.6 Å². The van der Waals surface area contributed by atoms with Crippen molar-refractivity contribution in [3.8, 4) is 11.4 Å². The molecule has 26 heavy (non-hydrogen) atoms. The minimum atomic E-state index is -0.448. The summed E-state index contributed by atoms with van der Waals surface area (Å²) in [6.45, 7) is 7.22. The van der Waals surface area contributed by atoms with E-state index in [1.54, 1.807) is 35.6 Å². The van der Waals surface area contributed by atoms with Crippen LogP contribution in [0, 0.1) is 27.7 Å². The second-order valence-corrected chi connectivity index (χ2v) is 5.83. The number of hydrogen-bond acceptors (Lipinski definition) is 7. The normalized spacial score (nSPS) is 11.2. The lowest BCUT2D eigenvalue weighted by Gasteiger charge is -1.98. The number of H-pyrrole nitrogens is 2. The maximum Gasteiger partial charge on any atom is 0.271 e. The fourth-order valence-electron chi connectivity index (χ4n) is 2.66. The summed E-state index contributed by atoms with van der Waals surface area (Å²) >= 11 is 0. The summed E-state index contributed by atoms with van der Waals surface area (Å²) in [6.07, 6.45) is 3.40. The van der Waals surface area contributed by atoms with E-state index < -0.39 is 5.78 Å². The minimum absolute atomic E-state index is 0.0316. The number of nitrogens with zero attached hydrogens (tertiary/aromatic N) is 8. The van der Waals surface area contributed by atoms with Gasteiger partial charge in [-0.3, -0.25) is 15.0 Å². The third kappa shape index (κ3) is 2.41. The highest BCUT2D eigenvalue weighted by atomic mass is 16.1. The Morgan fingerprint density at radius 3 is 1.58 bits per heavy atom. The van der Waals surface area contributed by atoms with Gasteiger partial charge >= 0.3 is 0 Å². The number of nitrogens with one attached hydrogen (secondary N) is 2. The molecular formula is C15H16N10O. The zero-order valence-electron chi connectivity index (χ0n) is 14.6. The van der Waals surface area contributed by atoms with Crippen molar-refractivity contribution in [3.05, 3.63) is 47.1 Å². The Labute approximate surface area is 147 Å². The van der Waals surface area contributed by atoms with Crippen LogP contribution in [-0.2, 0) is 0 Å². The van der Waals surface area contributed by atoms with E-state index >= 15 is 0 Å². The standard InChI is InChI=1S/C15H16N10O/c1-7-11(5-16-20-7)24-9(3)18-14(22-24)13(26)15-19-10(4)25(23-15)12-6-17-21-8(12)2/h5-6H,1-4H3,(H,16,20)(H,17,21). The first-order valence-corrected chi connectivity index (χ1v) is 7.89. The molecule has 4 heterocycles. The molecule has 0 saturated heterocycles. The molecule has 0 radical (unpaired) electrons. The van der Waals surface area contributed by atoms with Crippen LogP contribution in [0.3, 0.4) is 0 Å². The molecule has 0 aliphatic carbocycles. The first kappa shape index (κ1) is 15.9. The molecule has 4 rings (SSSR count). The highest BCUT2D eigenvalue weighted by Crippen LogP contribution is 2.15. The van der Waals surface area contributed by atoms with E-state index in [9.17, 15) is 4.79 Å². The summed E-state index contributed by atoms with van der Waals surface area (Å²) in [4.78, 5) is 21.3. The maximum atomic E-state index is 12.8. The number of hydrogen-bond donors (Lipinski definition) is 2. The third-order valence-electron chi connectivity index (χ3n) is 4.01. The van der Waals surface area contributed by atoms with Gasteiger partial charge in [-0.2, -0.15) is 10.2 Å². The van der Waals surface area contributed by atoms with Crippen molar-refractivity contribution < 1.29 is 4.79 Å². The fraction of sp³-hybridized carbons (Fsp3) is 0.267. The van der Waals surface area contributed by atoms with E-state index in [4.69, 9.17) is 0 Å². The van der Waals surface area contributed by atoms with Gasteiger partial charge in [0.1, 0.15) is 23.0 Å². The number of rotatable bonds is 4. The average Bonchev–Trinajstić information content (AvgIpc) is 3.35. The van der Waals surface area contributed by atoms with Gasteiger partial charge < -0.3 is 0 Å². The quantitative estimate of drug-likeness (QED) is 0.517. The minimum Gasteiger partial charge on any atom is -0.283 e. The molecule has 0 bridgehead atoms. The molecule has 132 valence electrons. The van der Waals surface area contributed by atoms with Gasteiger partial charge in [0.15, 0.2) is 0 Å². The number of ketones is 1. The van der Waals surface area contributed by atoms with Gasteiger partial charge in [-0.15, -0.1) is 10.2 Å². The first-order valence-electron chi connectivity index (χ1n) is 7.89. The molecule has 11 nitrogen and oxygen atoms in total.